The van der Waals surface area contributed by atoms with Gasteiger partial charge in [0, 0.05) is 5.56 Å². The molecule has 1 heterocycles. The highest BCUT2D eigenvalue weighted by molar-refractivity contribution is 6.33. The molecule has 0 spiro atoms. The maximum atomic E-state index is 12.7. The van der Waals surface area contributed by atoms with Crippen LogP contribution in [0, 0.1) is 6.92 Å². The number of hydrogen-bond donors (Lipinski definition) is 0. The minimum Gasteiger partial charge on any atom is -0.288 e. The van der Waals surface area contributed by atoms with E-state index >= 15 is 0 Å². The van der Waals surface area contributed by atoms with Gasteiger partial charge >= 0.3 is 0 Å². The van der Waals surface area contributed by atoms with Gasteiger partial charge in [0.2, 0.25) is 5.78 Å². The lowest BCUT2D eigenvalue weighted by Crippen LogP contribution is -2.26. The van der Waals surface area contributed by atoms with E-state index in [4.69, 9.17) is 11.6 Å². The summed E-state index contributed by atoms with van der Waals surface area (Å²) in [4.78, 5) is 29.3. The number of nitrogens with zero attached hydrogens (tertiary/aromatic N) is 2. The van der Waals surface area contributed by atoms with Gasteiger partial charge in [-0.05, 0) is 19.1 Å². The predicted molar refractivity (Wildman–Crippen MR) is 89.5 cm³/mol. The first-order valence-corrected chi connectivity index (χ1v) is 7.39. The Balaban J connectivity index is 2.15. The lowest BCUT2D eigenvalue weighted by Gasteiger charge is -2.09. The standard InChI is InChI=1S/C18H13ClN2O2/c1-12-7-9-14(10-8-12)21-11-20-17(19)15(18(21)23)16(22)13-5-3-2-4-6-13/h2-11H,1H3. The van der Waals surface area contributed by atoms with Crippen molar-refractivity contribution in [1.29, 1.82) is 0 Å². The molecule has 0 aliphatic carbocycles. The fourth-order valence-corrected chi connectivity index (χ4v) is 2.46. The number of carbonyl (C=O) groups excluding carboxylic acids is 1. The van der Waals surface area contributed by atoms with Crippen LogP contribution in [0.15, 0.2) is 65.7 Å². The van der Waals surface area contributed by atoms with E-state index in [-0.39, 0.29) is 10.7 Å². The summed E-state index contributed by atoms with van der Waals surface area (Å²) in [5, 5.41) is -0.0905. The summed E-state index contributed by atoms with van der Waals surface area (Å²) in [6, 6.07) is 15.9. The average Bonchev–Trinajstić information content (AvgIpc) is 2.57. The van der Waals surface area contributed by atoms with Crippen LogP contribution in [0.1, 0.15) is 21.5 Å². The van der Waals surface area contributed by atoms with E-state index in [1.54, 1.807) is 42.5 Å². The third-order valence-electron chi connectivity index (χ3n) is 3.50. The number of hydrogen-bond acceptors (Lipinski definition) is 3. The first kappa shape index (κ1) is 15.2. The molecule has 3 rings (SSSR count). The van der Waals surface area contributed by atoms with E-state index < -0.39 is 11.3 Å². The van der Waals surface area contributed by atoms with Gasteiger partial charge in [0.15, 0.2) is 0 Å². The van der Waals surface area contributed by atoms with Crippen LogP contribution in [0.3, 0.4) is 0 Å². The highest BCUT2D eigenvalue weighted by Crippen LogP contribution is 2.15. The van der Waals surface area contributed by atoms with Crippen molar-refractivity contribution in [2.75, 3.05) is 0 Å². The Labute approximate surface area is 138 Å². The van der Waals surface area contributed by atoms with E-state index in [0.29, 0.717) is 11.3 Å². The van der Waals surface area contributed by atoms with Crippen molar-refractivity contribution in [2.45, 2.75) is 6.92 Å². The van der Waals surface area contributed by atoms with Gasteiger partial charge in [-0.15, -0.1) is 0 Å². The van der Waals surface area contributed by atoms with Crippen LogP contribution < -0.4 is 5.56 Å². The number of carbonyl (C=O) groups is 1. The second-order valence-corrected chi connectivity index (χ2v) is 5.47. The maximum absolute atomic E-state index is 12.7. The van der Waals surface area contributed by atoms with Gasteiger partial charge in [0.1, 0.15) is 17.0 Å². The summed E-state index contributed by atoms with van der Waals surface area (Å²) in [6.45, 7) is 1.96. The molecule has 5 heteroatoms. The fraction of sp³-hybridized carbons (Fsp3) is 0.0556. The molecule has 0 amide bonds. The van der Waals surface area contributed by atoms with Crippen LogP contribution in [0.25, 0.3) is 5.69 Å². The molecule has 0 N–H and O–H groups in total. The monoisotopic (exact) mass is 324 g/mol. The van der Waals surface area contributed by atoms with Gasteiger partial charge in [-0.3, -0.25) is 14.2 Å². The third kappa shape index (κ3) is 2.94. The van der Waals surface area contributed by atoms with Crippen molar-refractivity contribution in [3.05, 3.63) is 93.1 Å². The van der Waals surface area contributed by atoms with E-state index in [0.717, 1.165) is 5.56 Å². The second-order valence-electron chi connectivity index (χ2n) is 5.12. The number of aryl methyl sites for hydroxylation is 1. The largest absolute Gasteiger partial charge is 0.288 e. The molecule has 0 fully saturated rings. The molecule has 114 valence electrons. The first-order valence-electron chi connectivity index (χ1n) is 7.02. The number of ketones is 1. The molecule has 23 heavy (non-hydrogen) atoms. The van der Waals surface area contributed by atoms with Crippen LogP contribution in [0.4, 0.5) is 0 Å². The van der Waals surface area contributed by atoms with Gasteiger partial charge in [0.25, 0.3) is 5.56 Å². The quantitative estimate of drug-likeness (QED) is 0.548. The topological polar surface area (TPSA) is 52.0 Å². The predicted octanol–water partition coefficient (Wildman–Crippen LogP) is 3.43. The van der Waals surface area contributed by atoms with Gasteiger partial charge in [-0.2, -0.15) is 0 Å². The molecule has 0 unspecified atom stereocenters. The molecule has 0 bridgehead atoms. The summed E-state index contributed by atoms with van der Waals surface area (Å²) in [5.41, 5.74) is 1.50. The number of benzene rings is 2. The summed E-state index contributed by atoms with van der Waals surface area (Å²) in [6.07, 6.45) is 1.33. The molecule has 0 atom stereocenters. The van der Waals surface area contributed by atoms with E-state index in [1.165, 1.54) is 10.9 Å². The average molecular weight is 325 g/mol. The molecule has 0 aliphatic heterocycles. The summed E-state index contributed by atoms with van der Waals surface area (Å²) < 4.78 is 1.32. The SMILES string of the molecule is Cc1ccc(-n2cnc(Cl)c(C(=O)c3ccccc3)c2=O)cc1. The Morgan fingerprint density at radius 1 is 1.04 bits per heavy atom. The van der Waals surface area contributed by atoms with Crippen molar-refractivity contribution in [3.8, 4) is 5.69 Å². The molecule has 0 radical (unpaired) electrons. The van der Waals surface area contributed by atoms with Gasteiger partial charge in [0.05, 0.1) is 5.69 Å². The third-order valence-corrected chi connectivity index (χ3v) is 3.79. The smallest absolute Gasteiger partial charge is 0.270 e. The molecule has 0 saturated heterocycles. The lowest BCUT2D eigenvalue weighted by atomic mass is 10.1. The van der Waals surface area contributed by atoms with Crippen LogP contribution in [0.2, 0.25) is 5.15 Å². The molecule has 2 aromatic carbocycles. The second kappa shape index (κ2) is 6.18. The summed E-state index contributed by atoms with van der Waals surface area (Å²) in [5.74, 6) is -0.436. The Hall–Kier alpha value is -2.72. The zero-order valence-corrected chi connectivity index (χ0v) is 13.1. The zero-order valence-electron chi connectivity index (χ0n) is 12.4. The lowest BCUT2D eigenvalue weighted by molar-refractivity contribution is 0.103. The Kier molecular flexibility index (Phi) is 4.08. The summed E-state index contributed by atoms with van der Waals surface area (Å²) in [7, 11) is 0. The normalized spacial score (nSPS) is 10.5. The van der Waals surface area contributed by atoms with Crippen LogP contribution in [-0.4, -0.2) is 15.3 Å². The summed E-state index contributed by atoms with van der Waals surface area (Å²) >= 11 is 6.01. The van der Waals surface area contributed by atoms with Gasteiger partial charge in [-0.1, -0.05) is 59.6 Å². The molecular weight excluding hydrogens is 312 g/mol. The molecule has 1 aromatic heterocycles. The van der Waals surface area contributed by atoms with Crippen LogP contribution >= 0.6 is 11.6 Å². The van der Waals surface area contributed by atoms with E-state index in [9.17, 15) is 9.59 Å². The van der Waals surface area contributed by atoms with Crippen LogP contribution in [0.5, 0.6) is 0 Å². The van der Waals surface area contributed by atoms with E-state index in [2.05, 4.69) is 4.98 Å². The Morgan fingerprint density at radius 2 is 1.70 bits per heavy atom. The Bertz CT molecular complexity index is 916. The van der Waals surface area contributed by atoms with Gasteiger partial charge < -0.3 is 0 Å². The molecule has 3 aromatic rings. The first-order chi connectivity index (χ1) is 11.1. The Morgan fingerprint density at radius 3 is 2.35 bits per heavy atom. The minimum absolute atomic E-state index is 0.0905. The number of halogens is 1. The van der Waals surface area contributed by atoms with Gasteiger partial charge in [-0.25, -0.2) is 4.98 Å². The zero-order chi connectivity index (χ0) is 16.4. The van der Waals surface area contributed by atoms with Crippen molar-refractivity contribution in [3.63, 3.8) is 0 Å². The highest BCUT2D eigenvalue weighted by atomic mass is 35.5. The molecule has 4 nitrogen and oxygen atoms in total. The van der Waals surface area contributed by atoms with Crippen molar-refractivity contribution in [2.24, 2.45) is 0 Å². The number of aromatic nitrogens is 2. The fourth-order valence-electron chi connectivity index (χ4n) is 2.25. The molecule has 0 saturated carbocycles. The minimum atomic E-state index is -0.484. The molecular formula is C18H13ClN2O2. The van der Waals surface area contributed by atoms with Crippen molar-refractivity contribution >= 4 is 17.4 Å². The number of rotatable bonds is 3. The maximum Gasteiger partial charge on any atom is 0.270 e. The van der Waals surface area contributed by atoms with Crippen molar-refractivity contribution < 1.29 is 4.79 Å². The van der Waals surface area contributed by atoms with Crippen molar-refractivity contribution in [1.82, 2.24) is 9.55 Å². The van der Waals surface area contributed by atoms with E-state index in [1.807, 2.05) is 19.1 Å². The molecule has 0 aliphatic rings. The highest BCUT2D eigenvalue weighted by Gasteiger charge is 2.20. The van der Waals surface area contributed by atoms with Crippen LogP contribution in [-0.2, 0) is 0 Å².